The third-order valence-corrected chi connectivity index (χ3v) is 2.94. The summed E-state index contributed by atoms with van der Waals surface area (Å²) in [5, 5.41) is 3.90. The Kier molecular flexibility index (Phi) is 5.36. The van der Waals surface area contributed by atoms with Gasteiger partial charge in [0.05, 0.1) is 0 Å². The molecule has 1 atom stereocenters. The fraction of sp³-hybridized carbons (Fsp3) is 0.429. The van der Waals surface area contributed by atoms with E-state index in [-0.39, 0.29) is 0 Å². The molecule has 0 saturated carbocycles. The van der Waals surface area contributed by atoms with Crippen LogP contribution in [0, 0.1) is 6.92 Å². The molecule has 0 aliphatic heterocycles. The number of hydrazone groups is 1. The van der Waals surface area contributed by atoms with E-state index in [0.717, 1.165) is 18.6 Å². The first-order valence-corrected chi connectivity index (χ1v) is 6.14. The molecule has 98 valence electrons. The zero-order chi connectivity index (χ0) is 13.5. The number of primary amides is 1. The molecule has 0 aliphatic rings. The van der Waals surface area contributed by atoms with Crippen LogP contribution in [0.2, 0.25) is 0 Å². The van der Waals surface area contributed by atoms with Crippen molar-refractivity contribution in [3.63, 3.8) is 0 Å². The number of nitrogens with zero attached hydrogens (tertiary/aromatic N) is 1. The monoisotopic (exact) mass is 247 g/mol. The quantitative estimate of drug-likeness (QED) is 0.609. The lowest BCUT2D eigenvalue weighted by atomic mass is 9.94. The highest BCUT2D eigenvalue weighted by Gasteiger charge is 2.06. The number of carbonyl (C=O) groups excluding carboxylic acids is 1. The normalized spacial score (nSPS) is 13.2. The van der Waals surface area contributed by atoms with E-state index in [9.17, 15) is 4.79 Å². The first-order chi connectivity index (χ1) is 8.49. The van der Waals surface area contributed by atoms with Gasteiger partial charge in [0.2, 0.25) is 0 Å². The molecule has 0 aliphatic carbocycles. The minimum atomic E-state index is -0.624. The van der Waals surface area contributed by atoms with Gasteiger partial charge in [0.1, 0.15) is 0 Å². The van der Waals surface area contributed by atoms with Crippen LogP contribution in [-0.2, 0) is 0 Å². The Bertz CT molecular complexity index is 423. The van der Waals surface area contributed by atoms with E-state index >= 15 is 0 Å². The van der Waals surface area contributed by atoms with Crippen LogP contribution in [0.1, 0.15) is 43.7 Å². The van der Waals surface area contributed by atoms with E-state index in [1.807, 2.05) is 6.92 Å². The number of hydrogen-bond donors (Lipinski definition) is 2. The summed E-state index contributed by atoms with van der Waals surface area (Å²) in [5.41, 5.74) is 10.7. The largest absolute Gasteiger partial charge is 0.350 e. The van der Waals surface area contributed by atoms with Crippen LogP contribution in [0.4, 0.5) is 4.79 Å². The summed E-state index contributed by atoms with van der Waals surface area (Å²) >= 11 is 0. The highest BCUT2D eigenvalue weighted by atomic mass is 16.2. The van der Waals surface area contributed by atoms with Crippen molar-refractivity contribution in [3.8, 4) is 0 Å². The van der Waals surface area contributed by atoms with Gasteiger partial charge >= 0.3 is 6.03 Å². The molecular weight excluding hydrogens is 226 g/mol. The molecule has 4 nitrogen and oxygen atoms in total. The van der Waals surface area contributed by atoms with Gasteiger partial charge in [-0.15, -0.1) is 0 Å². The molecule has 0 bridgehead atoms. The summed E-state index contributed by atoms with van der Waals surface area (Å²) in [5.74, 6) is 0.476. The molecule has 0 aromatic heterocycles. The van der Waals surface area contributed by atoms with Gasteiger partial charge in [-0.25, -0.2) is 10.2 Å². The molecule has 0 radical (unpaired) electrons. The third kappa shape index (κ3) is 4.99. The van der Waals surface area contributed by atoms with Gasteiger partial charge in [-0.1, -0.05) is 36.8 Å². The smallest absolute Gasteiger partial charge is 0.332 e. The van der Waals surface area contributed by atoms with Gasteiger partial charge < -0.3 is 5.73 Å². The molecule has 1 rings (SSSR count). The zero-order valence-electron chi connectivity index (χ0n) is 11.2. The summed E-state index contributed by atoms with van der Waals surface area (Å²) in [6.45, 7) is 6.16. The maximum atomic E-state index is 10.5. The van der Waals surface area contributed by atoms with Crippen molar-refractivity contribution in [2.24, 2.45) is 10.8 Å². The van der Waals surface area contributed by atoms with E-state index in [4.69, 9.17) is 5.73 Å². The highest BCUT2D eigenvalue weighted by molar-refractivity contribution is 5.83. The Hall–Kier alpha value is -1.84. The number of aryl methyl sites for hydroxylation is 1. The van der Waals surface area contributed by atoms with E-state index < -0.39 is 6.03 Å². The minimum absolute atomic E-state index is 0.476. The van der Waals surface area contributed by atoms with Crippen LogP contribution >= 0.6 is 0 Å². The standard InChI is InChI=1S/C14H21N3O/c1-10-4-8-13(9-5-10)11(2)6-7-12(3)16-17-14(15)18/h4-5,8-9,11H,6-7H2,1-3H3,(H3,15,17,18)/b16-12+. The van der Waals surface area contributed by atoms with E-state index in [1.54, 1.807) is 0 Å². The number of benzene rings is 1. The second-order valence-electron chi connectivity index (χ2n) is 4.67. The Morgan fingerprint density at radius 2 is 2.00 bits per heavy atom. The van der Waals surface area contributed by atoms with E-state index in [0.29, 0.717) is 5.92 Å². The van der Waals surface area contributed by atoms with Crippen molar-refractivity contribution < 1.29 is 4.79 Å². The highest BCUT2D eigenvalue weighted by Crippen LogP contribution is 2.21. The second kappa shape index (κ2) is 6.79. The van der Waals surface area contributed by atoms with Crippen molar-refractivity contribution in [1.29, 1.82) is 0 Å². The number of nitrogens with two attached hydrogens (primary N) is 1. The number of rotatable bonds is 5. The summed E-state index contributed by atoms with van der Waals surface area (Å²) in [7, 11) is 0. The van der Waals surface area contributed by atoms with Gasteiger partial charge in [-0.05, 0) is 38.2 Å². The third-order valence-electron chi connectivity index (χ3n) is 2.94. The summed E-state index contributed by atoms with van der Waals surface area (Å²) in [4.78, 5) is 10.5. The Labute approximate surface area is 108 Å². The summed E-state index contributed by atoms with van der Waals surface area (Å²) in [6, 6.07) is 7.95. The molecule has 0 spiro atoms. The molecule has 1 unspecified atom stereocenters. The van der Waals surface area contributed by atoms with Crippen molar-refractivity contribution in [1.82, 2.24) is 5.43 Å². The molecular formula is C14H21N3O. The number of hydrogen-bond acceptors (Lipinski definition) is 2. The van der Waals surface area contributed by atoms with Gasteiger partial charge in [0.25, 0.3) is 0 Å². The zero-order valence-corrected chi connectivity index (χ0v) is 11.2. The molecule has 18 heavy (non-hydrogen) atoms. The molecule has 3 N–H and O–H groups in total. The van der Waals surface area contributed by atoms with Crippen molar-refractivity contribution in [2.75, 3.05) is 0 Å². The molecule has 0 fully saturated rings. The van der Waals surface area contributed by atoms with Crippen molar-refractivity contribution >= 4 is 11.7 Å². The minimum Gasteiger partial charge on any atom is -0.350 e. The van der Waals surface area contributed by atoms with Crippen LogP contribution in [0.3, 0.4) is 0 Å². The molecule has 2 amide bonds. The van der Waals surface area contributed by atoms with E-state index in [1.165, 1.54) is 11.1 Å². The Morgan fingerprint density at radius 3 is 2.56 bits per heavy atom. The summed E-state index contributed by atoms with van der Waals surface area (Å²) in [6.07, 6.45) is 1.84. The van der Waals surface area contributed by atoms with Gasteiger partial charge in [0.15, 0.2) is 0 Å². The second-order valence-corrected chi connectivity index (χ2v) is 4.67. The first-order valence-electron chi connectivity index (χ1n) is 6.14. The number of carbonyl (C=O) groups is 1. The maximum Gasteiger partial charge on any atom is 0.332 e. The lowest BCUT2D eigenvalue weighted by Crippen LogP contribution is -2.25. The molecule has 4 heteroatoms. The van der Waals surface area contributed by atoms with Crippen LogP contribution in [0.25, 0.3) is 0 Å². The maximum absolute atomic E-state index is 10.5. The van der Waals surface area contributed by atoms with Crippen LogP contribution < -0.4 is 11.2 Å². The van der Waals surface area contributed by atoms with Crippen molar-refractivity contribution in [2.45, 2.75) is 39.5 Å². The van der Waals surface area contributed by atoms with Crippen LogP contribution in [0.15, 0.2) is 29.4 Å². The molecule has 0 saturated heterocycles. The number of nitrogens with one attached hydrogen (secondary N) is 1. The fourth-order valence-corrected chi connectivity index (χ4v) is 1.69. The van der Waals surface area contributed by atoms with Crippen molar-refractivity contribution in [3.05, 3.63) is 35.4 Å². The Morgan fingerprint density at radius 1 is 1.39 bits per heavy atom. The lowest BCUT2D eigenvalue weighted by Gasteiger charge is -2.11. The van der Waals surface area contributed by atoms with Crippen LogP contribution in [-0.4, -0.2) is 11.7 Å². The predicted octanol–water partition coefficient (Wildman–Crippen LogP) is 2.92. The SMILES string of the molecule is C/C(CCC(C)c1ccc(C)cc1)=N\NC(N)=O. The van der Waals surface area contributed by atoms with Gasteiger partial charge in [-0.3, -0.25) is 0 Å². The van der Waals surface area contributed by atoms with E-state index in [2.05, 4.69) is 48.6 Å². The first kappa shape index (κ1) is 14.2. The number of amides is 2. The van der Waals surface area contributed by atoms with Gasteiger partial charge in [0, 0.05) is 5.71 Å². The topological polar surface area (TPSA) is 67.5 Å². The Balaban J connectivity index is 2.45. The predicted molar refractivity (Wildman–Crippen MR) is 74.7 cm³/mol. The van der Waals surface area contributed by atoms with Crippen LogP contribution in [0.5, 0.6) is 0 Å². The average Bonchev–Trinajstić information content (AvgIpc) is 2.34. The lowest BCUT2D eigenvalue weighted by molar-refractivity contribution is 0.249. The fourth-order valence-electron chi connectivity index (χ4n) is 1.69. The molecule has 1 aromatic rings. The molecule has 1 aromatic carbocycles. The average molecular weight is 247 g/mol. The number of urea groups is 1. The molecule has 0 heterocycles. The van der Waals surface area contributed by atoms with Gasteiger partial charge in [-0.2, -0.15) is 5.10 Å². The summed E-state index contributed by atoms with van der Waals surface area (Å²) < 4.78 is 0.